The number of hydrogen-bond donors (Lipinski definition) is 4. The molecule has 4 N–H and O–H groups in total. The first-order chi connectivity index (χ1) is 15.9. The lowest BCUT2D eigenvalue weighted by Crippen LogP contribution is -2.32. The van der Waals surface area contributed by atoms with Crippen molar-refractivity contribution in [2.24, 2.45) is 0 Å². The van der Waals surface area contributed by atoms with E-state index in [1.165, 1.54) is 14.2 Å². The van der Waals surface area contributed by atoms with Crippen molar-refractivity contribution in [3.05, 3.63) is 33.9 Å². The summed E-state index contributed by atoms with van der Waals surface area (Å²) in [5.74, 6) is -0.226. The molecule has 0 radical (unpaired) electrons. The van der Waals surface area contributed by atoms with Crippen LogP contribution in [0.4, 0.5) is 4.79 Å². The van der Waals surface area contributed by atoms with Crippen LogP contribution in [-0.4, -0.2) is 54.4 Å². The van der Waals surface area contributed by atoms with Gasteiger partial charge in [-0.3, -0.25) is 4.79 Å². The fourth-order valence-electron chi connectivity index (χ4n) is 3.35. The van der Waals surface area contributed by atoms with Gasteiger partial charge in [0, 0.05) is 22.5 Å². The number of esters is 1. The van der Waals surface area contributed by atoms with Crippen LogP contribution in [0.2, 0.25) is 0 Å². The molecule has 0 atom stereocenters. The summed E-state index contributed by atoms with van der Waals surface area (Å²) < 4.78 is 21.0. The number of nitrogens with one attached hydrogen (secondary N) is 4. The maximum atomic E-state index is 12.9. The third kappa shape index (κ3) is 6.24. The predicted octanol–water partition coefficient (Wildman–Crippen LogP) is 3.11. The first-order valence-corrected chi connectivity index (χ1v) is 10.9. The van der Waals surface area contributed by atoms with Gasteiger partial charge in [-0.15, -0.1) is 0 Å². The Morgan fingerprint density at radius 1 is 0.853 bits per heavy atom. The number of hydrogen-bond acceptors (Lipinski definition) is 7. The second-order valence-corrected chi connectivity index (χ2v) is 8.53. The van der Waals surface area contributed by atoms with Crippen molar-refractivity contribution < 1.29 is 33.3 Å². The molecule has 11 nitrogen and oxygen atoms in total. The molecule has 2 aromatic heterocycles. The van der Waals surface area contributed by atoms with Crippen LogP contribution in [0.25, 0.3) is 0 Å². The minimum Gasteiger partial charge on any atom is -0.494 e. The predicted molar refractivity (Wildman–Crippen MR) is 124 cm³/mol. The van der Waals surface area contributed by atoms with Gasteiger partial charge in [0.2, 0.25) is 0 Å². The molecule has 188 valence electrons. The van der Waals surface area contributed by atoms with Crippen LogP contribution in [0.1, 0.15) is 71.2 Å². The van der Waals surface area contributed by atoms with Crippen molar-refractivity contribution in [3.63, 3.8) is 0 Å². The van der Waals surface area contributed by atoms with E-state index in [9.17, 15) is 14.4 Å². The van der Waals surface area contributed by atoms with Gasteiger partial charge in [0.15, 0.2) is 17.2 Å². The Bertz CT molecular complexity index is 1050. The Morgan fingerprint density at radius 2 is 1.35 bits per heavy atom. The van der Waals surface area contributed by atoms with Gasteiger partial charge in [-0.2, -0.15) is 0 Å². The number of aromatic nitrogens is 2. The molecule has 2 aromatic rings. The number of alkyl carbamates (subject to hydrolysis) is 1. The summed E-state index contributed by atoms with van der Waals surface area (Å²) in [6.07, 6.45) is -0.569. The number of methoxy groups -OCH3 is 2. The second kappa shape index (κ2) is 11.0. The highest BCUT2D eigenvalue weighted by atomic mass is 16.6. The van der Waals surface area contributed by atoms with Gasteiger partial charge >= 0.3 is 12.1 Å². The Labute approximate surface area is 198 Å². The normalized spacial score (nSPS) is 11.1. The smallest absolute Gasteiger partial charge is 0.407 e. The molecule has 34 heavy (non-hydrogen) atoms. The second-order valence-electron chi connectivity index (χ2n) is 8.53. The maximum Gasteiger partial charge on any atom is 0.407 e. The first-order valence-electron chi connectivity index (χ1n) is 10.9. The van der Waals surface area contributed by atoms with Crippen molar-refractivity contribution in [2.75, 3.05) is 20.8 Å². The lowest BCUT2D eigenvalue weighted by Gasteiger charge is -2.19. The Kier molecular flexibility index (Phi) is 8.61. The van der Waals surface area contributed by atoms with Gasteiger partial charge < -0.3 is 39.5 Å². The number of amides is 2. The van der Waals surface area contributed by atoms with Crippen molar-refractivity contribution >= 4 is 18.0 Å². The lowest BCUT2D eigenvalue weighted by molar-refractivity contribution is 0.0508. The summed E-state index contributed by atoms with van der Waals surface area (Å²) in [5.41, 5.74) is 2.35. The Balaban J connectivity index is 2.15. The molecule has 0 aliphatic carbocycles. The molecule has 0 aliphatic rings. The highest BCUT2D eigenvalue weighted by Crippen LogP contribution is 2.29. The summed E-state index contributed by atoms with van der Waals surface area (Å²) in [6, 6.07) is 0. The summed E-state index contributed by atoms with van der Waals surface area (Å²) in [6.45, 7) is 11.0. The summed E-state index contributed by atoms with van der Waals surface area (Å²) in [5, 5.41) is 5.46. The zero-order valence-corrected chi connectivity index (χ0v) is 21.0. The molecule has 2 amide bonds. The van der Waals surface area contributed by atoms with Crippen LogP contribution in [-0.2, 0) is 22.6 Å². The third-order valence-electron chi connectivity index (χ3n) is 4.94. The van der Waals surface area contributed by atoms with Gasteiger partial charge in [0.25, 0.3) is 5.91 Å². The van der Waals surface area contributed by atoms with E-state index in [-0.39, 0.29) is 31.1 Å². The average Bonchev–Trinajstić information content (AvgIpc) is 3.25. The summed E-state index contributed by atoms with van der Waals surface area (Å²) >= 11 is 0. The monoisotopic (exact) mass is 478 g/mol. The van der Waals surface area contributed by atoms with E-state index in [1.807, 2.05) is 0 Å². The molecule has 2 rings (SSSR count). The fraction of sp³-hybridized carbons (Fsp3) is 0.522. The summed E-state index contributed by atoms with van der Waals surface area (Å²) in [7, 11) is 2.92. The molecule has 0 spiro atoms. The van der Waals surface area contributed by atoms with Crippen molar-refractivity contribution in [1.82, 2.24) is 20.6 Å². The summed E-state index contributed by atoms with van der Waals surface area (Å²) in [4.78, 5) is 43.1. The minimum atomic E-state index is -0.622. The molecule has 0 aliphatic heterocycles. The van der Waals surface area contributed by atoms with E-state index < -0.39 is 23.6 Å². The number of H-pyrrole nitrogens is 2. The van der Waals surface area contributed by atoms with Gasteiger partial charge in [0.1, 0.15) is 11.3 Å². The number of carbonyl (C=O) groups is 3. The molecule has 0 fully saturated rings. The molecule has 0 saturated carbocycles. The zero-order chi connectivity index (χ0) is 25.6. The van der Waals surface area contributed by atoms with Crippen LogP contribution in [0.5, 0.6) is 11.5 Å². The highest BCUT2D eigenvalue weighted by molar-refractivity contribution is 5.96. The molecule has 2 heterocycles. The van der Waals surface area contributed by atoms with E-state index in [1.54, 1.807) is 41.5 Å². The van der Waals surface area contributed by atoms with Crippen LogP contribution in [0, 0.1) is 13.8 Å². The Morgan fingerprint density at radius 3 is 1.85 bits per heavy atom. The third-order valence-corrected chi connectivity index (χ3v) is 4.94. The van der Waals surface area contributed by atoms with Crippen molar-refractivity contribution in [2.45, 2.75) is 60.2 Å². The Hall–Kier alpha value is -3.63. The molecule has 11 heteroatoms. The average molecular weight is 479 g/mol. The SMILES string of the molecule is CCOC(=O)c1[nH]c(CNC(=O)c2[nH]c(CNC(=O)OC(C)(C)C)c(C)c2OC)c(C)c1OC. The maximum absolute atomic E-state index is 12.9. The fourth-order valence-corrected chi connectivity index (χ4v) is 3.35. The van der Waals surface area contributed by atoms with Gasteiger partial charge in [-0.05, 0) is 41.5 Å². The lowest BCUT2D eigenvalue weighted by atomic mass is 10.2. The molecule has 0 unspecified atom stereocenters. The number of carbonyl (C=O) groups excluding carboxylic acids is 3. The van der Waals surface area contributed by atoms with Gasteiger partial charge in [-0.25, -0.2) is 9.59 Å². The topological polar surface area (TPSA) is 144 Å². The molecule has 0 aromatic carbocycles. The molecular weight excluding hydrogens is 444 g/mol. The number of rotatable bonds is 9. The van der Waals surface area contributed by atoms with E-state index >= 15 is 0 Å². The van der Waals surface area contributed by atoms with Crippen molar-refractivity contribution in [3.8, 4) is 11.5 Å². The zero-order valence-electron chi connectivity index (χ0n) is 21.0. The van der Waals surface area contributed by atoms with Crippen LogP contribution in [0.3, 0.4) is 0 Å². The highest BCUT2D eigenvalue weighted by Gasteiger charge is 2.24. The van der Waals surface area contributed by atoms with E-state index in [4.69, 9.17) is 18.9 Å². The first kappa shape index (κ1) is 26.6. The number of aromatic amines is 2. The van der Waals surface area contributed by atoms with E-state index in [0.717, 1.165) is 0 Å². The largest absolute Gasteiger partial charge is 0.494 e. The minimum absolute atomic E-state index is 0.104. The van der Waals surface area contributed by atoms with Crippen LogP contribution >= 0.6 is 0 Å². The van der Waals surface area contributed by atoms with E-state index in [2.05, 4.69) is 20.6 Å². The van der Waals surface area contributed by atoms with Crippen LogP contribution < -0.4 is 20.1 Å². The quantitative estimate of drug-likeness (QED) is 0.405. The standard InChI is InChI=1S/C23H34N4O7/c1-9-33-21(29)17-19(32-8)13(3)14(27-17)10-24-20(28)16-18(31-7)12(2)15(26-16)11-25-22(30)34-23(4,5)6/h26-27H,9-11H2,1-8H3,(H,24,28)(H,25,30). The number of ether oxygens (including phenoxy) is 4. The molecular formula is C23H34N4O7. The van der Waals surface area contributed by atoms with Gasteiger partial charge in [-0.1, -0.05) is 0 Å². The van der Waals surface area contributed by atoms with Gasteiger partial charge in [0.05, 0.1) is 33.9 Å². The molecule has 0 bridgehead atoms. The van der Waals surface area contributed by atoms with Crippen molar-refractivity contribution in [1.29, 1.82) is 0 Å². The molecule has 0 saturated heterocycles. The van der Waals surface area contributed by atoms with E-state index in [0.29, 0.717) is 34.0 Å². The van der Waals surface area contributed by atoms with Crippen LogP contribution in [0.15, 0.2) is 0 Å².